The smallest absolute Gasteiger partial charge is 0.191 e. The van der Waals surface area contributed by atoms with Gasteiger partial charge in [-0.1, -0.05) is 0 Å². The molecule has 6 heteroatoms. The zero-order valence-corrected chi connectivity index (χ0v) is 16.1. The van der Waals surface area contributed by atoms with E-state index in [0.717, 1.165) is 25.0 Å². The fourth-order valence-electron chi connectivity index (χ4n) is 2.90. The van der Waals surface area contributed by atoms with E-state index in [2.05, 4.69) is 46.3 Å². The zero-order valence-electron chi connectivity index (χ0n) is 12.9. The molecule has 0 spiro atoms. The van der Waals surface area contributed by atoms with Gasteiger partial charge < -0.3 is 15.5 Å². The number of rotatable bonds is 4. The van der Waals surface area contributed by atoms with Crippen molar-refractivity contribution < 1.29 is 0 Å². The molecular formula is C14H29IN4S. The van der Waals surface area contributed by atoms with Gasteiger partial charge in [0.25, 0.3) is 0 Å². The molecule has 0 aromatic rings. The van der Waals surface area contributed by atoms with Crippen molar-refractivity contribution in [2.24, 2.45) is 10.9 Å². The van der Waals surface area contributed by atoms with Gasteiger partial charge in [0.1, 0.15) is 0 Å². The molecule has 4 nitrogen and oxygen atoms in total. The average molecular weight is 412 g/mol. The Bertz CT molecular complexity index is 318. The van der Waals surface area contributed by atoms with Crippen LogP contribution < -0.4 is 10.6 Å². The van der Waals surface area contributed by atoms with Crippen LogP contribution in [0.1, 0.15) is 26.2 Å². The molecule has 0 amide bonds. The topological polar surface area (TPSA) is 39.7 Å². The minimum absolute atomic E-state index is 0. The highest BCUT2D eigenvalue weighted by Crippen LogP contribution is 2.36. The molecule has 2 aliphatic rings. The normalized spacial score (nSPS) is 31.1. The van der Waals surface area contributed by atoms with Gasteiger partial charge in [0.05, 0.1) is 0 Å². The van der Waals surface area contributed by atoms with E-state index in [1.807, 2.05) is 7.05 Å². The lowest BCUT2D eigenvalue weighted by Gasteiger charge is -2.24. The van der Waals surface area contributed by atoms with Crippen molar-refractivity contribution >= 4 is 41.7 Å². The summed E-state index contributed by atoms with van der Waals surface area (Å²) >= 11 is 2.09. The number of thioether (sulfide) groups is 1. The van der Waals surface area contributed by atoms with Crippen LogP contribution in [0.25, 0.3) is 0 Å². The monoisotopic (exact) mass is 412 g/mol. The highest BCUT2D eigenvalue weighted by molar-refractivity contribution is 14.0. The van der Waals surface area contributed by atoms with Crippen molar-refractivity contribution in [3.63, 3.8) is 0 Å². The standard InChI is InChI=1S/C14H28N4S.HI/c1-14(6-4-8-19-14)11-17-13(15-2)16-9-12-5-7-18(3)10-12;/h12H,4-11H2,1-3H3,(H2,15,16,17);1H. The second-order valence-corrected chi connectivity index (χ2v) is 7.81. The number of likely N-dealkylation sites (tertiary alicyclic amines) is 1. The van der Waals surface area contributed by atoms with Crippen molar-refractivity contribution in [3.05, 3.63) is 0 Å². The maximum atomic E-state index is 4.33. The lowest BCUT2D eigenvalue weighted by Crippen LogP contribution is -2.45. The van der Waals surface area contributed by atoms with E-state index in [0.29, 0.717) is 4.75 Å². The lowest BCUT2D eigenvalue weighted by molar-refractivity contribution is 0.393. The first-order chi connectivity index (χ1) is 9.11. The van der Waals surface area contributed by atoms with Crippen LogP contribution in [0.3, 0.4) is 0 Å². The molecule has 20 heavy (non-hydrogen) atoms. The molecule has 0 aliphatic carbocycles. The molecule has 2 aliphatic heterocycles. The molecule has 0 bridgehead atoms. The van der Waals surface area contributed by atoms with E-state index >= 15 is 0 Å². The molecular weight excluding hydrogens is 383 g/mol. The molecule has 0 aromatic carbocycles. The van der Waals surface area contributed by atoms with Crippen LogP contribution in [0.5, 0.6) is 0 Å². The van der Waals surface area contributed by atoms with E-state index in [1.54, 1.807) is 0 Å². The number of nitrogens with zero attached hydrogens (tertiary/aromatic N) is 2. The van der Waals surface area contributed by atoms with Crippen LogP contribution in [0, 0.1) is 5.92 Å². The van der Waals surface area contributed by atoms with Gasteiger partial charge in [-0.15, -0.1) is 24.0 Å². The number of hydrogen-bond acceptors (Lipinski definition) is 3. The number of halogens is 1. The summed E-state index contributed by atoms with van der Waals surface area (Å²) in [6.45, 7) is 6.84. The van der Waals surface area contributed by atoms with Gasteiger partial charge in [-0.05, 0) is 51.4 Å². The van der Waals surface area contributed by atoms with Crippen molar-refractivity contribution in [2.75, 3.05) is 46.0 Å². The Balaban J connectivity index is 0.00000200. The van der Waals surface area contributed by atoms with Crippen LogP contribution in [0.4, 0.5) is 0 Å². The Morgan fingerprint density at radius 1 is 1.45 bits per heavy atom. The summed E-state index contributed by atoms with van der Waals surface area (Å²) in [6, 6.07) is 0. The molecule has 2 saturated heterocycles. The summed E-state index contributed by atoms with van der Waals surface area (Å²) in [5, 5.41) is 6.97. The summed E-state index contributed by atoms with van der Waals surface area (Å²) < 4.78 is 0.394. The Labute approximate surface area is 144 Å². The fourth-order valence-corrected chi connectivity index (χ4v) is 4.15. The summed E-state index contributed by atoms with van der Waals surface area (Å²) in [5.74, 6) is 3.03. The van der Waals surface area contributed by atoms with E-state index < -0.39 is 0 Å². The number of hydrogen-bond donors (Lipinski definition) is 2. The summed E-state index contributed by atoms with van der Waals surface area (Å²) in [6.07, 6.45) is 3.96. The van der Waals surface area contributed by atoms with E-state index in [4.69, 9.17) is 0 Å². The highest BCUT2D eigenvalue weighted by Gasteiger charge is 2.29. The van der Waals surface area contributed by atoms with Crippen LogP contribution in [-0.2, 0) is 0 Å². The molecule has 2 heterocycles. The molecule has 2 unspecified atom stereocenters. The van der Waals surface area contributed by atoms with Gasteiger partial charge >= 0.3 is 0 Å². The number of guanidine groups is 1. The Morgan fingerprint density at radius 3 is 2.80 bits per heavy atom. The summed E-state index contributed by atoms with van der Waals surface area (Å²) in [4.78, 5) is 6.73. The van der Waals surface area contributed by atoms with Gasteiger partial charge in [0.15, 0.2) is 5.96 Å². The van der Waals surface area contributed by atoms with Crippen molar-refractivity contribution in [1.82, 2.24) is 15.5 Å². The number of aliphatic imine (C=N–C) groups is 1. The predicted molar refractivity (Wildman–Crippen MR) is 100 cm³/mol. The van der Waals surface area contributed by atoms with Gasteiger partial charge in [0, 0.05) is 31.4 Å². The summed E-state index contributed by atoms with van der Waals surface area (Å²) in [5.41, 5.74) is 0. The predicted octanol–water partition coefficient (Wildman–Crippen LogP) is 2.01. The maximum Gasteiger partial charge on any atom is 0.191 e. The van der Waals surface area contributed by atoms with Gasteiger partial charge in [-0.2, -0.15) is 11.8 Å². The molecule has 118 valence electrons. The molecule has 2 rings (SSSR count). The lowest BCUT2D eigenvalue weighted by atomic mass is 10.1. The summed E-state index contributed by atoms with van der Waals surface area (Å²) in [7, 11) is 4.06. The average Bonchev–Trinajstić information content (AvgIpc) is 2.99. The van der Waals surface area contributed by atoms with E-state index in [-0.39, 0.29) is 24.0 Å². The third kappa shape index (κ3) is 5.60. The van der Waals surface area contributed by atoms with E-state index in [9.17, 15) is 0 Å². The van der Waals surface area contributed by atoms with Crippen LogP contribution in [0.2, 0.25) is 0 Å². The second-order valence-electron chi connectivity index (χ2n) is 6.13. The van der Waals surface area contributed by atoms with Crippen molar-refractivity contribution in [1.29, 1.82) is 0 Å². The maximum absolute atomic E-state index is 4.33. The Morgan fingerprint density at radius 2 is 2.25 bits per heavy atom. The van der Waals surface area contributed by atoms with Crippen LogP contribution in [-0.4, -0.2) is 61.6 Å². The van der Waals surface area contributed by atoms with Crippen LogP contribution in [0.15, 0.2) is 4.99 Å². The van der Waals surface area contributed by atoms with Gasteiger partial charge in [0.2, 0.25) is 0 Å². The molecule has 0 saturated carbocycles. The van der Waals surface area contributed by atoms with Gasteiger partial charge in [-0.25, -0.2) is 0 Å². The van der Waals surface area contributed by atoms with E-state index in [1.165, 1.54) is 38.1 Å². The molecule has 2 N–H and O–H groups in total. The van der Waals surface area contributed by atoms with Crippen molar-refractivity contribution in [3.8, 4) is 0 Å². The van der Waals surface area contributed by atoms with Gasteiger partial charge in [-0.3, -0.25) is 4.99 Å². The first kappa shape index (κ1) is 18.4. The Hall–Kier alpha value is 0.310. The SMILES string of the molecule is CN=C(NCC1CCN(C)C1)NCC1(C)CCCS1.I. The third-order valence-corrected chi connectivity index (χ3v) is 5.74. The minimum Gasteiger partial charge on any atom is -0.356 e. The van der Waals surface area contributed by atoms with Crippen LogP contribution >= 0.6 is 35.7 Å². The molecule has 0 radical (unpaired) electrons. The second kappa shape index (κ2) is 8.68. The molecule has 2 atom stereocenters. The fraction of sp³-hybridized carbons (Fsp3) is 0.929. The largest absolute Gasteiger partial charge is 0.356 e. The van der Waals surface area contributed by atoms with Crippen molar-refractivity contribution in [2.45, 2.75) is 30.9 Å². The molecule has 0 aromatic heterocycles. The first-order valence-corrected chi connectivity index (χ1v) is 8.37. The Kier molecular flexibility index (Phi) is 7.97. The third-order valence-electron chi connectivity index (χ3n) is 4.20. The quantitative estimate of drug-likeness (QED) is 0.421. The highest BCUT2D eigenvalue weighted by atomic mass is 127. The minimum atomic E-state index is 0. The zero-order chi connectivity index (χ0) is 13.7. The first-order valence-electron chi connectivity index (χ1n) is 7.38. The molecule has 2 fully saturated rings. The number of nitrogens with one attached hydrogen (secondary N) is 2.